The minimum Gasteiger partial charge on any atom is -0.305 e. The first-order valence-electron chi connectivity index (χ1n) is 13.3. The zero-order valence-corrected chi connectivity index (χ0v) is 25.1. The summed E-state index contributed by atoms with van der Waals surface area (Å²) in [5, 5.41) is 4.33. The van der Waals surface area contributed by atoms with E-state index in [-0.39, 0.29) is 25.7 Å². The summed E-state index contributed by atoms with van der Waals surface area (Å²) in [5.41, 5.74) is 3.96. The Morgan fingerprint density at radius 2 is 1.68 bits per heavy atom. The van der Waals surface area contributed by atoms with E-state index in [1.165, 1.54) is 26.4 Å². The molecule has 0 N–H and O–H groups in total. The third-order valence-corrected chi connectivity index (χ3v) is 9.16. The summed E-state index contributed by atoms with van der Waals surface area (Å²) in [6.45, 7) is 5.16. The Balaban J connectivity index is 0.000000192. The van der Waals surface area contributed by atoms with Gasteiger partial charge in [-0.2, -0.15) is 11.3 Å². The molecule has 0 unspecified atom stereocenters. The number of hydrogen-bond acceptors (Lipinski definition) is 3. The molecule has 0 aliphatic carbocycles. The predicted molar refractivity (Wildman–Crippen MR) is 158 cm³/mol. The molecule has 0 aliphatic rings. The summed E-state index contributed by atoms with van der Waals surface area (Å²) in [5.74, 6) is 0. The summed E-state index contributed by atoms with van der Waals surface area (Å²) in [6, 6.07) is 34.3. The first kappa shape index (κ1) is 23.2. The van der Waals surface area contributed by atoms with Gasteiger partial charge in [0.25, 0.3) is 0 Å². The summed E-state index contributed by atoms with van der Waals surface area (Å²) in [7, 11) is -1.39. The number of benzene rings is 3. The van der Waals surface area contributed by atoms with Crippen molar-refractivity contribution in [2.45, 2.75) is 26.5 Å². The van der Waals surface area contributed by atoms with Gasteiger partial charge >= 0.3 is 0 Å². The molecule has 0 aliphatic heterocycles. The van der Waals surface area contributed by atoms with Crippen LogP contribution < -0.4 is 5.19 Å². The van der Waals surface area contributed by atoms with Crippen molar-refractivity contribution in [2.24, 2.45) is 0 Å². The number of rotatable bonds is 3. The van der Waals surface area contributed by atoms with E-state index in [4.69, 9.17) is 4.11 Å². The van der Waals surface area contributed by atoms with Gasteiger partial charge in [-0.15, -0.1) is 59.7 Å². The van der Waals surface area contributed by atoms with Gasteiger partial charge in [-0.1, -0.05) is 66.6 Å². The molecule has 0 saturated carbocycles. The fourth-order valence-corrected chi connectivity index (χ4v) is 7.16. The Labute approximate surface area is 242 Å². The van der Waals surface area contributed by atoms with E-state index in [9.17, 15) is 0 Å². The molecule has 6 aromatic rings. The van der Waals surface area contributed by atoms with Crippen LogP contribution >= 0.6 is 11.3 Å². The first-order chi connectivity index (χ1) is 18.6. The van der Waals surface area contributed by atoms with Crippen molar-refractivity contribution in [2.75, 3.05) is 0 Å². The van der Waals surface area contributed by atoms with Crippen LogP contribution in [0.25, 0.3) is 42.7 Å². The van der Waals surface area contributed by atoms with Crippen molar-refractivity contribution in [3.8, 4) is 22.5 Å². The van der Waals surface area contributed by atoms with Crippen LogP contribution in [-0.4, -0.2) is 18.0 Å². The third kappa shape index (κ3) is 5.97. The zero-order chi connectivity index (χ0) is 27.6. The van der Waals surface area contributed by atoms with Crippen LogP contribution in [0.15, 0.2) is 97.3 Å². The van der Waals surface area contributed by atoms with Gasteiger partial charge in [0.1, 0.15) is 0 Å². The van der Waals surface area contributed by atoms with E-state index in [1.54, 1.807) is 23.4 Å². The molecular weight excluding hydrogens is 665 g/mol. The second kappa shape index (κ2) is 11.6. The topological polar surface area (TPSA) is 25.8 Å². The van der Waals surface area contributed by atoms with Gasteiger partial charge in [-0.3, -0.25) is 0 Å². The van der Waals surface area contributed by atoms with Crippen LogP contribution in [0.2, 0.25) is 19.6 Å². The van der Waals surface area contributed by atoms with Crippen molar-refractivity contribution < 1.29 is 24.2 Å². The molecule has 37 heavy (non-hydrogen) atoms. The number of hydrogen-bond donors (Lipinski definition) is 0. The molecule has 5 heteroatoms. The van der Waals surface area contributed by atoms with Crippen LogP contribution in [0.5, 0.6) is 0 Å². The van der Waals surface area contributed by atoms with E-state index in [0.29, 0.717) is 0 Å². The van der Waals surface area contributed by atoms with E-state index < -0.39 is 14.9 Å². The van der Waals surface area contributed by atoms with Crippen LogP contribution in [-0.2, 0) is 20.1 Å². The average molecular weight is 696 g/mol. The summed E-state index contributed by atoms with van der Waals surface area (Å²) in [6.07, 6.45) is 3.24. The van der Waals surface area contributed by atoms with Gasteiger partial charge in [-0.25, -0.2) is 0 Å². The third-order valence-electron chi connectivity index (χ3n) is 5.93. The summed E-state index contributed by atoms with van der Waals surface area (Å²) < 4.78 is 24.4. The number of nitrogens with zero attached hydrogens (tertiary/aromatic N) is 2. The smallest absolute Gasteiger partial charge is 0.0783 e. The SMILES string of the molecule is C[Si](C)(C)c1cccc2sc3c(-c4ccccn4)[c-]ccc3c12.[2H]C([2H])([2H])c1ccc(-c2[c-]cccc2)nc1.[Ir]. The second-order valence-electron chi connectivity index (χ2n) is 9.55. The molecule has 0 fully saturated rings. The largest absolute Gasteiger partial charge is 0.305 e. The Hall–Kier alpha value is -2.95. The minimum atomic E-state index is -2.09. The Kier molecular flexibility index (Phi) is 7.28. The van der Waals surface area contributed by atoms with Crippen LogP contribution in [0.4, 0.5) is 0 Å². The first-order valence-corrected chi connectivity index (χ1v) is 16.2. The molecule has 0 bridgehead atoms. The molecule has 0 saturated heterocycles. The maximum Gasteiger partial charge on any atom is 0.0783 e. The molecule has 1 radical (unpaired) electrons. The second-order valence-corrected chi connectivity index (χ2v) is 15.6. The average Bonchev–Trinajstić information content (AvgIpc) is 3.32. The normalized spacial score (nSPS) is 12.6. The monoisotopic (exact) mass is 696 g/mol. The van der Waals surface area contributed by atoms with Crippen LogP contribution in [0.3, 0.4) is 0 Å². The molecular formula is C32H28IrN2SSi-2. The number of thiophene rings is 1. The van der Waals surface area contributed by atoms with E-state index in [0.717, 1.165) is 22.5 Å². The van der Waals surface area contributed by atoms with Crippen LogP contribution in [0.1, 0.15) is 9.68 Å². The van der Waals surface area contributed by atoms with Gasteiger partial charge in [0.15, 0.2) is 0 Å². The maximum atomic E-state index is 7.23. The van der Waals surface area contributed by atoms with Gasteiger partial charge in [-0.05, 0) is 46.0 Å². The standard InChI is InChI=1S/C20H18NSSi.C12H10N.Ir/c1-23(2,3)18-12-7-11-17-19(18)15-9-6-8-14(20(15)22-17)16-10-4-5-13-21-16;1-10-7-8-12(13-9-10)11-5-3-2-4-6-11;/h4-7,9-13H,1-3H3;2-5,7-9H,1H3;/q2*-1;/i;1D3;. The molecule has 0 spiro atoms. The number of aromatic nitrogens is 2. The Morgan fingerprint density at radius 1 is 0.811 bits per heavy atom. The van der Waals surface area contributed by atoms with E-state index in [1.807, 2.05) is 53.9 Å². The minimum absolute atomic E-state index is 0. The molecule has 6 rings (SSSR count). The summed E-state index contributed by atoms with van der Waals surface area (Å²) in [4.78, 5) is 8.65. The van der Waals surface area contributed by atoms with Crippen molar-refractivity contribution >= 4 is 44.8 Å². The zero-order valence-electron chi connectivity index (χ0n) is 23.9. The fourth-order valence-electron chi connectivity index (χ4n) is 4.22. The Bertz CT molecular complexity index is 1710. The molecule has 0 amide bonds. The predicted octanol–water partition coefficient (Wildman–Crippen LogP) is 8.32. The van der Waals surface area contributed by atoms with Gasteiger partial charge < -0.3 is 9.97 Å². The number of aryl methyl sites for hydroxylation is 1. The molecule has 0 atom stereocenters. The number of fused-ring (bicyclic) bond motifs is 3. The van der Waals surface area contributed by atoms with Crippen molar-refractivity contribution in [1.82, 2.24) is 9.97 Å². The maximum absolute atomic E-state index is 7.23. The molecule has 3 aromatic carbocycles. The van der Waals surface area contributed by atoms with Crippen molar-refractivity contribution in [1.29, 1.82) is 0 Å². The number of pyridine rings is 2. The molecule has 3 heterocycles. The van der Waals surface area contributed by atoms with Gasteiger partial charge in [0.2, 0.25) is 0 Å². The van der Waals surface area contributed by atoms with E-state index in [2.05, 4.69) is 72.1 Å². The molecule has 187 valence electrons. The quantitative estimate of drug-likeness (QED) is 0.138. The van der Waals surface area contributed by atoms with Gasteiger partial charge in [0.05, 0.1) is 8.07 Å². The molecule has 2 nitrogen and oxygen atoms in total. The van der Waals surface area contributed by atoms with Crippen molar-refractivity contribution in [3.05, 3.63) is 115 Å². The summed E-state index contributed by atoms with van der Waals surface area (Å²) >= 11 is 1.86. The van der Waals surface area contributed by atoms with Gasteiger partial charge in [0, 0.05) is 41.3 Å². The fraction of sp³-hybridized carbons (Fsp3) is 0.125. The van der Waals surface area contributed by atoms with E-state index >= 15 is 0 Å². The Morgan fingerprint density at radius 3 is 2.35 bits per heavy atom. The van der Waals surface area contributed by atoms with Crippen molar-refractivity contribution in [3.63, 3.8) is 0 Å². The molecule has 3 aromatic heterocycles. The van der Waals surface area contributed by atoms with Crippen LogP contribution in [0, 0.1) is 19.0 Å².